The van der Waals surface area contributed by atoms with Gasteiger partial charge in [0, 0.05) is 18.6 Å². The number of imidazole rings is 1. The van der Waals surface area contributed by atoms with E-state index in [1.54, 1.807) is 12.3 Å². The van der Waals surface area contributed by atoms with Crippen LogP contribution in [0.25, 0.3) is 5.65 Å². The van der Waals surface area contributed by atoms with E-state index in [1.807, 2.05) is 36.7 Å². The summed E-state index contributed by atoms with van der Waals surface area (Å²) < 4.78 is 21.1. The van der Waals surface area contributed by atoms with Crippen molar-refractivity contribution < 1.29 is 9.13 Å². The van der Waals surface area contributed by atoms with Gasteiger partial charge in [0.2, 0.25) is 0 Å². The van der Waals surface area contributed by atoms with Crippen LogP contribution in [-0.2, 0) is 6.61 Å². The topological polar surface area (TPSA) is 39.4 Å². The third kappa shape index (κ3) is 2.34. The molecule has 3 heterocycles. The number of rotatable bonds is 3. The number of hydrogen-bond donors (Lipinski definition) is 0. The van der Waals surface area contributed by atoms with Crippen LogP contribution in [-0.4, -0.2) is 14.4 Å². The smallest absolute Gasteiger partial charge is 0.179 e. The van der Waals surface area contributed by atoms with Crippen LogP contribution in [0.4, 0.5) is 4.39 Å². The second-order valence-corrected chi connectivity index (χ2v) is 4.72. The zero-order chi connectivity index (χ0) is 14.1. The van der Waals surface area contributed by atoms with Gasteiger partial charge in [-0.1, -0.05) is 0 Å². The minimum Gasteiger partial charge on any atom is -0.483 e. The highest BCUT2D eigenvalue weighted by atomic mass is 19.1. The average molecular weight is 271 g/mol. The first-order valence-electron chi connectivity index (χ1n) is 6.31. The van der Waals surface area contributed by atoms with Crippen LogP contribution >= 0.6 is 0 Å². The Bertz CT molecular complexity index is 767. The van der Waals surface area contributed by atoms with Crippen LogP contribution in [0.15, 0.2) is 36.8 Å². The Morgan fingerprint density at radius 3 is 2.95 bits per heavy atom. The van der Waals surface area contributed by atoms with Crippen molar-refractivity contribution in [3.8, 4) is 5.75 Å². The predicted molar refractivity (Wildman–Crippen MR) is 73.2 cm³/mol. The number of hydrogen-bond acceptors (Lipinski definition) is 3. The van der Waals surface area contributed by atoms with Gasteiger partial charge in [-0.15, -0.1) is 0 Å². The first kappa shape index (κ1) is 12.6. The standard InChI is InChI=1S/C15H14FN3O/c1-10-6-14(15-18-11(2)8-19(15)7-10)20-9-13-12(16)4-3-5-17-13/h3-8H,9H2,1-2H3. The summed E-state index contributed by atoms with van der Waals surface area (Å²) in [6.45, 7) is 3.98. The second kappa shape index (κ2) is 4.92. The third-order valence-corrected chi connectivity index (χ3v) is 2.97. The summed E-state index contributed by atoms with van der Waals surface area (Å²) in [6.07, 6.45) is 5.45. The molecule has 3 aromatic rings. The molecule has 0 radical (unpaired) electrons. The molecule has 3 rings (SSSR count). The van der Waals surface area contributed by atoms with E-state index in [0.717, 1.165) is 16.9 Å². The molecule has 0 N–H and O–H groups in total. The van der Waals surface area contributed by atoms with Gasteiger partial charge < -0.3 is 9.14 Å². The molecular formula is C15H14FN3O. The van der Waals surface area contributed by atoms with Gasteiger partial charge in [-0.25, -0.2) is 9.37 Å². The van der Waals surface area contributed by atoms with Gasteiger partial charge in [-0.05, 0) is 37.6 Å². The summed E-state index contributed by atoms with van der Waals surface area (Å²) >= 11 is 0. The largest absolute Gasteiger partial charge is 0.483 e. The molecule has 3 aromatic heterocycles. The molecule has 0 bridgehead atoms. The molecule has 0 aliphatic heterocycles. The van der Waals surface area contributed by atoms with Crippen molar-refractivity contribution in [1.82, 2.24) is 14.4 Å². The average Bonchev–Trinajstić information content (AvgIpc) is 2.77. The van der Waals surface area contributed by atoms with E-state index >= 15 is 0 Å². The van der Waals surface area contributed by atoms with E-state index in [9.17, 15) is 4.39 Å². The summed E-state index contributed by atoms with van der Waals surface area (Å²) in [5, 5.41) is 0. The van der Waals surface area contributed by atoms with Crippen molar-refractivity contribution >= 4 is 5.65 Å². The van der Waals surface area contributed by atoms with Crippen LogP contribution in [0.1, 0.15) is 17.0 Å². The molecule has 0 unspecified atom stereocenters. The maximum atomic E-state index is 13.5. The molecular weight excluding hydrogens is 257 g/mol. The molecule has 0 saturated heterocycles. The maximum absolute atomic E-state index is 13.5. The summed E-state index contributed by atoms with van der Waals surface area (Å²) in [4.78, 5) is 8.39. The molecule has 4 nitrogen and oxygen atoms in total. The Kier molecular flexibility index (Phi) is 3.10. The van der Waals surface area contributed by atoms with Crippen molar-refractivity contribution in [3.05, 3.63) is 59.6 Å². The molecule has 5 heteroatoms. The van der Waals surface area contributed by atoms with Gasteiger partial charge in [0.15, 0.2) is 11.4 Å². The van der Waals surface area contributed by atoms with Crippen molar-refractivity contribution in [2.75, 3.05) is 0 Å². The zero-order valence-electron chi connectivity index (χ0n) is 11.3. The van der Waals surface area contributed by atoms with E-state index in [1.165, 1.54) is 6.07 Å². The Balaban J connectivity index is 1.93. The van der Waals surface area contributed by atoms with E-state index in [2.05, 4.69) is 9.97 Å². The fourth-order valence-corrected chi connectivity index (χ4v) is 2.10. The Morgan fingerprint density at radius 2 is 2.15 bits per heavy atom. The fourth-order valence-electron chi connectivity index (χ4n) is 2.10. The maximum Gasteiger partial charge on any atom is 0.179 e. The van der Waals surface area contributed by atoms with Crippen LogP contribution in [0.2, 0.25) is 0 Å². The molecule has 0 aliphatic rings. The van der Waals surface area contributed by atoms with Crippen LogP contribution in [0.5, 0.6) is 5.75 Å². The number of aromatic nitrogens is 3. The molecule has 0 aromatic carbocycles. The van der Waals surface area contributed by atoms with Gasteiger partial charge in [-0.2, -0.15) is 0 Å². The number of halogens is 1. The van der Waals surface area contributed by atoms with Crippen molar-refractivity contribution in [2.45, 2.75) is 20.5 Å². The molecule has 20 heavy (non-hydrogen) atoms. The number of nitrogens with zero attached hydrogens (tertiary/aromatic N) is 3. The SMILES string of the molecule is Cc1cc(OCc2ncccc2F)c2nc(C)cn2c1. The van der Waals surface area contributed by atoms with Gasteiger partial charge in [0.25, 0.3) is 0 Å². The molecule has 0 aliphatic carbocycles. The lowest BCUT2D eigenvalue weighted by Crippen LogP contribution is -2.02. The first-order valence-corrected chi connectivity index (χ1v) is 6.31. The van der Waals surface area contributed by atoms with Gasteiger partial charge in [0.1, 0.15) is 18.1 Å². The highest BCUT2D eigenvalue weighted by Crippen LogP contribution is 2.22. The van der Waals surface area contributed by atoms with Crippen molar-refractivity contribution in [2.24, 2.45) is 0 Å². The summed E-state index contributed by atoms with van der Waals surface area (Å²) in [6, 6.07) is 4.82. The number of fused-ring (bicyclic) bond motifs is 1. The molecule has 0 atom stereocenters. The lowest BCUT2D eigenvalue weighted by Gasteiger charge is -2.08. The zero-order valence-corrected chi connectivity index (χ0v) is 11.3. The summed E-state index contributed by atoms with van der Waals surface area (Å²) in [7, 11) is 0. The quantitative estimate of drug-likeness (QED) is 0.735. The van der Waals surface area contributed by atoms with Gasteiger partial charge in [-0.3, -0.25) is 4.98 Å². The minimum absolute atomic E-state index is 0.0810. The van der Waals surface area contributed by atoms with E-state index in [4.69, 9.17) is 4.74 Å². The van der Waals surface area contributed by atoms with Crippen LogP contribution in [0, 0.1) is 19.7 Å². The first-order chi connectivity index (χ1) is 9.63. The number of ether oxygens (including phenoxy) is 1. The minimum atomic E-state index is -0.365. The number of aryl methyl sites for hydroxylation is 2. The molecule has 0 amide bonds. The molecule has 0 spiro atoms. The summed E-state index contributed by atoms with van der Waals surface area (Å²) in [5.41, 5.74) is 2.97. The highest BCUT2D eigenvalue weighted by Gasteiger charge is 2.09. The third-order valence-electron chi connectivity index (χ3n) is 2.97. The Morgan fingerprint density at radius 1 is 1.30 bits per heavy atom. The molecule has 0 saturated carbocycles. The molecule has 0 fully saturated rings. The molecule has 102 valence electrons. The van der Waals surface area contributed by atoms with E-state index in [-0.39, 0.29) is 18.1 Å². The normalized spacial score (nSPS) is 10.9. The van der Waals surface area contributed by atoms with E-state index in [0.29, 0.717) is 5.75 Å². The predicted octanol–water partition coefficient (Wildman–Crippen LogP) is 3.06. The van der Waals surface area contributed by atoms with Crippen LogP contribution < -0.4 is 4.74 Å². The highest BCUT2D eigenvalue weighted by molar-refractivity contribution is 5.55. The lowest BCUT2D eigenvalue weighted by molar-refractivity contribution is 0.296. The fraction of sp³-hybridized carbons (Fsp3) is 0.200. The van der Waals surface area contributed by atoms with Gasteiger partial charge in [0.05, 0.1) is 5.69 Å². The van der Waals surface area contributed by atoms with E-state index < -0.39 is 0 Å². The summed E-state index contributed by atoms with van der Waals surface area (Å²) in [5.74, 6) is 0.263. The second-order valence-electron chi connectivity index (χ2n) is 4.72. The van der Waals surface area contributed by atoms with Crippen LogP contribution in [0.3, 0.4) is 0 Å². The Hall–Kier alpha value is -2.43. The van der Waals surface area contributed by atoms with Crippen molar-refractivity contribution in [1.29, 1.82) is 0 Å². The monoisotopic (exact) mass is 271 g/mol. The van der Waals surface area contributed by atoms with Crippen molar-refractivity contribution in [3.63, 3.8) is 0 Å². The van der Waals surface area contributed by atoms with Gasteiger partial charge >= 0.3 is 0 Å². The number of pyridine rings is 2. The lowest BCUT2D eigenvalue weighted by atomic mass is 10.3. The Labute approximate surface area is 115 Å².